The number of thioether (sulfide) groups is 1. The van der Waals surface area contributed by atoms with E-state index in [9.17, 15) is 9.59 Å². The van der Waals surface area contributed by atoms with E-state index in [1.165, 1.54) is 5.56 Å². The van der Waals surface area contributed by atoms with Crippen LogP contribution in [0.25, 0.3) is 0 Å². The van der Waals surface area contributed by atoms with E-state index in [4.69, 9.17) is 18.9 Å². The van der Waals surface area contributed by atoms with E-state index in [0.29, 0.717) is 29.4 Å². The second-order valence-electron chi connectivity index (χ2n) is 12.0. The fourth-order valence-corrected chi connectivity index (χ4v) is 7.71. The van der Waals surface area contributed by atoms with Gasteiger partial charge in [-0.15, -0.1) is 0 Å². The number of rotatable bonds is 11. The van der Waals surface area contributed by atoms with Crippen molar-refractivity contribution in [1.82, 2.24) is 0 Å². The van der Waals surface area contributed by atoms with E-state index in [-0.39, 0.29) is 30.4 Å². The number of allylic oxidation sites excluding steroid dienone is 4. The molecule has 0 spiro atoms. The maximum absolute atomic E-state index is 13.0. The molecule has 6 nitrogen and oxygen atoms in total. The Kier molecular flexibility index (Phi) is 7.23. The summed E-state index contributed by atoms with van der Waals surface area (Å²) in [5.41, 5.74) is 1.21. The van der Waals surface area contributed by atoms with E-state index < -0.39 is 11.9 Å². The highest BCUT2D eigenvalue weighted by molar-refractivity contribution is 7.99. The van der Waals surface area contributed by atoms with Crippen LogP contribution in [0.1, 0.15) is 51.5 Å². The second kappa shape index (κ2) is 10.6. The minimum absolute atomic E-state index is 0.0445. The Morgan fingerprint density at radius 1 is 0.947 bits per heavy atom. The van der Waals surface area contributed by atoms with Gasteiger partial charge in [-0.1, -0.05) is 30.4 Å². The molecular weight excluding hydrogens is 500 g/mol. The van der Waals surface area contributed by atoms with Crippen molar-refractivity contribution in [3.63, 3.8) is 0 Å². The zero-order valence-electron chi connectivity index (χ0n) is 22.3. The van der Waals surface area contributed by atoms with Gasteiger partial charge in [0.05, 0.1) is 11.8 Å². The van der Waals surface area contributed by atoms with Crippen LogP contribution in [0.15, 0.2) is 42.5 Å². The van der Waals surface area contributed by atoms with Gasteiger partial charge in [0, 0.05) is 19.6 Å². The van der Waals surface area contributed by atoms with Gasteiger partial charge in [-0.3, -0.25) is 9.59 Å². The Morgan fingerprint density at radius 3 is 2.29 bits per heavy atom. The molecular formula is C31H38O6S. The number of benzene rings is 1. The average Bonchev–Trinajstić information content (AvgIpc) is 3.72. The molecule has 38 heavy (non-hydrogen) atoms. The summed E-state index contributed by atoms with van der Waals surface area (Å²) in [6.45, 7) is 3.96. The molecule has 204 valence electrons. The van der Waals surface area contributed by atoms with E-state index >= 15 is 0 Å². The first-order valence-corrected chi connectivity index (χ1v) is 15.3. The fraction of sp³-hybridized carbons (Fsp3) is 0.613. The van der Waals surface area contributed by atoms with Crippen LogP contribution in [0.4, 0.5) is 0 Å². The monoisotopic (exact) mass is 538 g/mol. The highest BCUT2D eigenvalue weighted by atomic mass is 32.2. The van der Waals surface area contributed by atoms with Gasteiger partial charge in [-0.05, 0) is 85.6 Å². The summed E-state index contributed by atoms with van der Waals surface area (Å²) in [5, 5.41) is 0. The molecule has 1 aromatic rings. The van der Waals surface area contributed by atoms with Gasteiger partial charge in [0.1, 0.15) is 12.7 Å². The number of aryl methyl sites for hydroxylation is 1. The fourth-order valence-electron chi connectivity index (χ4n) is 6.77. The van der Waals surface area contributed by atoms with Crippen molar-refractivity contribution < 1.29 is 28.5 Å². The molecule has 4 bridgehead atoms. The molecule has 4 aliphatic carbocycles. The van der Waals surface area contributed by atoms with Gasteiger partial charge in [0.25, 0.3) is 0 Å². The second-order valence-corrected chi connectivity index (χ2v) is 13.2. The number of esters is 2. The number of ether oxygens (including phenoxy) is 4. The zero-order valence-corrected chi connectivity index (χ0v) is 23.1. The van der Waals surface area contributed by atoms with Gasteiger partial charge in [-0.2, -0.15) is 11.8 Å². The van der Waals surface area contributed by atoms with Crippen LogP contribution in [0.3, 0.4) is 0 Å². The zero-order chi connectivity index (χ0) is 26.3. The highest BCUT2D eigenvalue weighted by Gasteiger charge is 2.43. The molecule has 1 heterocycles. The number of carbonyl (C=O) groups excluding carboxylic acids is 2. The van der Waals surface area contributed by atoms with Crippen molar-refractivity contribution in [1.29, 1.82) is 0 Å². The Balaban J connectivity index is 0.985. The lowest BCUT2D eigenvalue weighted by Gasteiger charge is -2.24. The molecule has 7 atom stereocenters. The lowest BCUT2D eigenvalue weighted by molar-refractivity contribution is -0.163. The van der Waals surface area contributed by atoms with Crippen LogP contribution in [-0.4, -0.2) is 41.9 Å². The SMILES string of the molecule is CC1(C)Oc2ccc(CCCSCC(COC(=O)C3CC4C=CC3C4)OC(=O)C3CC4C=CC3C4)cc2O1. The minimum atomic E-state index is -0.616. The number of carbonyl (C=O) groups is 2. The number of fused-ring (bicyclic) bond motifs is 5. The van der Waals surface area contributed by atoms with E-state index in [1.807, 2.05) is 19.9 Å². The Bertz CT molecular complexity index is 1130. The third-order valence-corrected chi connectivity index (χ3v) is 9.82. The molecule has 5 aliphatic rings. The molecule has 2 saturated carbocycles. The highest BCUT2D eigenvalue weighted by Crippen LogP contribution is 2.45. The van der Waals surface area contributed by atoms with Crippen molar-refractivity contribution in [2.45, 2.75) is 64.3 Å². The molecule has 1 aliphatic heterocycles. The Labute approximate surface area is 229 Å². The third-order valence-electron chi connectivity index (χ3n) is 8.64. The molecule has 0 aromatic heterocycles. The first-order chi connectivity index (χ1) is 18.3. The molecule has 7 unspecified atom stereocenters. The Morgan fingerprint density at radius 2 is 1.63 bits per heavy atom. The summed E-state index contributed by atoms with van der Waals surface area (Å²) >= 11 is 1.75. The van der Waals surface area contributed by atoms with Crippen molar-refractivity contribution in [3.05, 3.63) is 48.1 Å². The van der Waals surface area contributed by atoms with Crippen molar-refractivity contribution >= 4 is 23.7 Å². The Hall–Kier alpha value is -2.41. The van der Waals surface area contributed by atoms with Gasteiger partial charge < -0.3 is 18.9 Å². The predicted octanol–water partition coefficient (Wildman–Crippen LogP) is 5.74. The van der Waals surface area contributed by atoms with Gasteiger partial charge >= 0.3 is 11.9 Å². The molecule has 6 rings (SSSR count). The lowest BCUT2D eigenvalue weighted by Crippen LogP contribution is -2.33. The van der Waals surface area contributed by atoms with Crippen molar-refractivity contribution in [2.75, 3.05) is 18.1 Å². The maximum Gasteiger partial charge on any atom is 0.309 e. The quantitative estimate of drug-likeness (QED) is 0.202. The summed E-state index contributed by atoms with van der Waals surface area (Å²) in [5.74, 6) is 3.80. The van der Waals surface area contributed by atoms with Crippen LogP contribution < -0.4 is 9.47 Å². The van der Waals surface area contributed by atoms with Gasteiger partial charge in [-0.25, -0.2) is 0 Å². The van der Waals surface area contributed by atoms with E-state index in [0.717, 1.165) is 55.8 Å². The number of hydrogen-bond donors (Lipinski definition) is 0. The summed E-state index contributed by atoms with van der Waals surface area (Å²) in [6.07, 6.45) is 14.2. The van der Waals surface area contributed by atoms with Crippen LogP contribution in [0.5, 0.6) is 11.5 Å². The normalized spacial score (nSPS) is 31.6. The molecule has 1 aromatic carbocycles. The molecule has 0 N–H and O–H groups in total. The standard InChI is InChI=1S/C31H38O6S/c1-31(2)36-27-10-7-19(16-28(27)37-31)4-3-11-38-18-24(35-30(33)26-15-21-6-9-23(26)13-21)17-34-29(32)25-14-20-5-8-22(25)12-20/h5-10,16,20-26H,3-4,11-15,17-18H2,1-2H3. The minimum Gasteiger partial charge on any atom is -0.461 e. The lowest BCUT2D eigenvalue weighted by atomic mass is 9.94. The first kappa shape index (κ1) is 25.8. The van der Waals surface area contributed by atoms with E-state index in [1.54, 1.807) is 11.8 Å². The van der Waals surface area contributed by atoms with E-state index in [2.05, 4.69) is 36.4 Å². The summed E-state index contributed by atoms with van der Waals surface area (Å²) in [6, 6.07) is 6.13. The molecule has 0 saturated heterocycles. The van der Waals surface area contributed by atoms with Crippen molar-refractivity contribution in [2.24, 2.45) is 35.5 Å². The van der Waals surface area contributed by atoms with Gasteiger partial charge in [0.15, 0.2) is 11.5 Å². The maximum atomic E-state index is 13.0. The third kappa shape index (κ3) is 5.63. The first-order valence-electron chi connectivity index (χ1n) is 14.2. The molecule has 7 heteroatoms. The topological polar surface area (TPSA) is 71.1 Å². The van der Waals surface area contributed by atoms with Crippen LogP contribution in [-0.2, 0) is 25.5 Å². The predicted molar refractivity (Wildman–Crippen MR) is 146 cm³/mol. The largest absolute Gasteiger partial charge is 0.461 e. The smallest absolute Gasteiger partial charge is 0.309 e. The van der Waals surface area contributed by atoms with Crippen LogP contribution in [0.2, 0.25) is 0 Å². The molecule has 0 radical (unpaired) electrons. The van der Waals surface area contributed by atoms with Crippen LogP contribution in [0, 0.1) is 35.5 Å². The summed E-state index contributed by atoms with van der Waals surface area (Å²) in [7, 11) is 0. The van der Waals surface area contributed by atoms with Gasteiger partial charge in [0.2, 0.25) is 5.79 Å². The number of hydrogen-bond acceptors (Lipinski definition) is 7. The van der Waals surface area contributed by atoms with Crippen LogP contribution >= 0.6 is 11.8 Å². The van der Waals surface area contributed by atoms with Crippen molar-refractivity contribution in [3.8, 4) is 11.5 Å². The molecule has 0 amide bonds. The summed E-state index contributed by atoms with van der Waals surface area (Å²) in [4.78, 5) is 25.8. The molecule has 2 fully saturated rings. The summed E-state index contributed by atoms with van der Waals surface area (Å²) < 4.78 is 23.4. The average molecular weight is 539 g/mol.